The smallest absolute Gasteiger partial charge is 0.233 e. The van der Waals surface area contributed by atoms with E-state index in [1.54, 1.807) is 10.7 Å². The van der Waals surface area contributed by atoms with Crippen molar-refractivity contribution >= 4 is 29.3 Å². The van der Waals surface area contributed by atoms with Crippen LogP contribution in [0.2, 0.25) is 5.02 Å². The Morgan fingerprint density at radius 2 is 2.09 bits per heavy atom. The highest BCUT2D eigenvalue weighted by atomic mass is 35.5. The highest BCUT2D eigenvalue weighted by Crippen LogP contribution is 2.21. The van der Waals surface area contributed by atoms with Crippen molar-refractivity contribution in [3.8, 4) is 0 Å². The number of amides is 1. The number of rotatable bonds is 7. The molecule has 8 heteroatoms. The molecule has 1 heterocycles. The van der Waals surface area contributed by atoms with Crippen LogP contribution in [0.15, 0.2) is 29.4 Å². The fourth-order valence-corrected chi connectivity index (χ4v) is 2.95. The van der Waals surface area contributed by atoms with Crippen LogP contribution in [0.25, 0.3) is 0 Å². The molecule has 2 rings (SSSR count). The number of nitrogens with one attached hydrogen (secondary N) is 1. The zero-order chi connectivity index (χ0) is 16.8. The first-order chi connectivity index (χ1) is 11.0. The summed E-state index contributed by atoms with van der Waals surface area (Å²) in [5.41, 5.74) is 0.893. The van der Waals surface area contributed by atoms with E-state index in [4.69, 9.17) is 11.6 Å². The maximum absolute atomic E-state index is 12.2. The number of thioether (sulfide) groups is 1. The minimum absolute atomic E-state index is 0.0750. The van der Waals surface area contributed by atoms with Crippen LogP contribution in [0.3, 0.4) is 0 Å². The molecule has 0 aliphatic rings. The van der Waals surface area contributed by atoms with E-state index in [0.29, 0.717) is 22.6 Å². The quantitative estimate of drug-likeness (QED) is 0.775. The van der Waals surface area contributed by atoms with Gasteiger partial charge in [-0.1, -0.05) is 55.4 Å². The van der Waals surface area contributed by atoms with Gasteiger partial charge in [-0.15, -0.1) is 5.10 Å². The van der Waals surface area contributed by atoms with Crippen molar-refractivity contribution < 1.29 is 4.79 Å². The van der Waals surface area contributed by atoms with Crippen molar-refractivity contribution in [1.29, 1.82) is 0 Å². The second-order valence-corrected chi connectivity index (χ2v) is 7.32. The van der Waals surface area contributed by atoms with E-state index < -0.39 is 0 Å². The fourth-order valence-electron chi connectivity index (χ4n) is 1.92. The lowest BCUT2D eigenvalue weighted by atomic mass is 10.2. The molecule has 0 fully saturated rings. The Bertz CT molecular complexity index is 661. The van der Waals surface area contributed by atoms with Crippen LogP contribution < -0.4 is 5.32 Å². The van der Waals surface area contributed by atoms with Crippen LogP contribution >= 0.6 is 23.4 Å². The van der Waals surface area contributed by atoms with Crippen LogP contribution in [-0.2, 0) is 17.9 Å². The summed E-state index contributed by atoms with van der Waals surface area (Å²) in [6, 6.07) is 7.46. The molecule has 0 unspecified atom stereocenters. The van der Waals surface area contributed by atoms with Gasteiger partial charge in [0.15, 0.2) is 0 Å². The molecule has 1 N–H and O–H groups in total. The van der Waals surface area contributed by atoms with E-state index in [2.05, 4.69) is 34.7 Å². The molecule has 1 atom stereocenters. The molecule has 0 aliphatic heterocycles. The molecule has 6 nitrogen and oxygen atoms in total. The minimum atomic E-state index is -0.297. The van der Waals surface area contributed by atoms with E-state index >= 15 is 0 Å². The van der Waals surface area contributed by atoms with Gasteiger partial charge in [-0.3, -0.25) is 4.79 Å². The fraction of sp³-hybridized carbons (Fsp3) is 0.467. The first-order valence-electron chi connectivity index (χ1n) is 7.41. The maximum atomic E-state index is 12.2. The topological polar surface area (TPSA) is 72.7 Å². The van der Waals surface area contributed by atoms with Crippen LogP contribution in [0.5, 0.6) is 0 Å². The highest BCUT2D eigenvalue weighted by molar-refractivity contribution is 8.00. The standard InChI is InChI=1S/C15H20ClN5OS/c1-10(2)9-21-15(18-19-20-21)23-11(3)14(22)17-8-12-6-4-5-7-13(12)16/h4-7,10-11H,8-9H2,1-3H3,(H,17,22)/t11-/m0/s1. The van der Waals surface area contributed by atoms with Crippen molar-refractivity contribution in [1.82, 2.24) is 25.5 Å². The summed E-state index contributed by atoms with van der Waals surface area (Å²) in [5, 5.41) is 15.5. The van der Waals surface area contributed by atoms with Crippen molar-refractivity contribution in [2.75, 3.05) is 0 Å². The first kappa shape index (κ1) is 17.7. The molecule has 0 saturated carbocycles. The monoisotopic (exact) mass is 353 g/mol. The Balaban J connectivity index is 1.90. The molecule has 23 heavy (non-hydrogen) atoms. The second kappa shape index (κ2) is 8.31. The van der Waals surface area contributed by atoms with E-state index in [9.17, 15) is 4.79 Å². The van der Waals surface area contributed by atoms with Gasteiger partial charge in [-0.2, -0.15) is 0 Å². The third-order valence-corrected chi connectivity index (χ3v) is 4.54. The normalized spacial score (nSPS) is 12.4. The van der Waals surface area contributed by atoms with E-state index in [1.165, 1.54) is 11.8 Å². The Labute approximate surface area is 145 Å². The maximum Gasteiger partial charge on any atom is 0.233 e. The number of nitrogens with zero attached hydrogens (tertiary/aromatic N) is 4. The van der Waals surface area contributed by atoms with Gasteiger partial charge in [0.2, 0.25) is 11.1 Å². The van der Waals surface area contributed by atoms with Crippen LogP contribution in [0, 0.1) is 5.92 Å². The molecule has 0 radical (unpaired) electrons. The van der Waals surface area contributed by atoms with Gasteiger partial charge < -0.3 is 5.32 Å². The predicted octanol–water partition coefficient (Wildman–Crippen LogP) is 2.78. The number of hydrogen-bond donors (Lipinski definition) is 1. The summed E-state index contributed by atoms with van der Waals surface area (Å²) < 4.78 is 1.73. The SMILES string of the molecule is CC(C)Cn1nnnc1S[C@@H](C)C(=O)NCc1ccccc1Cl. The second-order valence-electron chi connectivity index (χ2n) is 5.61. The number of aromatic nitrogens is 4. The molecular weight excluding hydrogens is 334 g/mol. The summed E-state index contributed by atoms with van der Waals surface area (Å²) in [4.78, 5) is 12.2. The number of halogens is 1. The summed E-state index contributed by atoms with van der Waals surface area (Å²) in [6.45, 7) is 7.15. The van der Waals surface area contributed by atoms with Crippen LogP contribution in [-0.4, -0.2) is 31.4 Å². The largest absolute Gasteiger partial charge is 0.351 e. The van der Waals surface area contributed by atoms with Crippen molar-refractivity contribution in [3.05, 3.63) is 34.9 Å². The van der Waals surface area contributed by atoms with E-state index in [0.717, 1.165) is 12.1 Å². The third kappa shape index (κ3) is 5.21. The zero-order valence-electron chi connectivity index (χ0n) is 13.4. The van der Waals surface area contributed by atoms with Gasteiger partial charge in [0.25, 0.3) is 0 Å². The Morgan fingerprint density at radius 1 is 1.35 bits per heavy atom. The molecule has 1 aromatic carbocycles. The van der Waals surface area contributed by atoms with Gasteiger partial charge in [-0.25, -0.2) is 4.68 Å². The molecule has 0 spiro atoms. The lowest BCUT2D eigenvalue weighted by Gasteiger charge is -2.13. The van der Waals surface area contributed by atoms with E-state index in [-0.39, 0.29) is 11.2 Å². The van der Waals surface area contributed by atoms with Crippen molar-refractivity contribution in [3.63, 3.8) is 0 Å². The number of carbonyl (C=O) groups is 1. The van der Waals surface area contributed by atoms with Crippen molar-refractivity contribution in [2.45, 2.75) is 44.3 Å². The third-order valence-electron chi connectivity index (χ3n) is 3.10. The zero-order valence-corrected chi connectivity index (χ0v) is 14.9. The molecule has 1 aromatic heterocycles. The first-order valence-corrected chi connectivity index (χ1v) is 8.67. The molecule has 0 saturated heterocycles. The lowest BCUT2D eigenvalue weighted by Crippen LogP contribution is -2.30. The molecule has 124 valence electrons. The van der Waals surface area contributed by atoms with Gasteiger partial charge >= 0.3 is 0 Å². The summed E-state index contributed by atoms with van der Waals surface area (Å²) in [5.74, 6) is 0.358. The summed E-state index contributed by atoms with van der Waals surface area (Å²) in [7, 11) is 0. The highest BCUT2D eigenvalue weighted by Gasteiger charge is 2.18. The van der Waals surface area contributed by atoms with Crippen molar-refractivity contribution in [2.24, 2.45) is 5.92 Å². The molecule has 1 amide bonds. The van der Waals surface area contributed by atoms with E-state index in [1.807, 2.05) is 25.1 Å². The van der Waals surface area contributed by atoms with Gasteiger partial charge in [0, 0.05) is 18.1 Å². The van der Waals surface area contributed by atoms with Gasteiger partial charge in [0.1, 0.15) is 0 Å². The summed E-state index contributed by atoms with van der Waals surface area (Å²) >= 11 is 7.43. The number of carbonyl (C=O) groups excluding carboxylic acids is 1. The van der Waals surface area contributed by atoms with Gasteiger partial charge in [0.05, 0.1) is 5.25 Å². The number of benzene rings is 1. The molecule has 0 bridgehead atoms. The Kier molecular flexibility index (Phi) is 6.41. The predicted molar refractivity (Wildman–Crippen MR) is 91.3 cm³/mol. The number of hydrogen-bond acceptors (Lipinski definition) is 5. The van der Waals surface area contributed by atoms with Gasteiger partial charge in [-0.05, 0) is 34.9 Å². The van der Waals surface area contributed by atoms with Crippen LogP contribution in [0.4, 0.5) is 0 Å². The average molecular weight is 354 g/mol. The Morgan fingerprint density at radius 3 is 2.78 bits per heavy atom. The number of tetrazole rings is 1. The molecule has 0 aliphatic carbocycles. The lowest BCUT2D eigenvalue weighted by molar-refractivity contribution is -0.120. The minimum Gasteiger partial charge on any atom is -0.351 e. The van der Waals surface area contributed by atoms with Crippen LogP contribution in [0.1, 0.15) is 26.3 Å². The molecule has 2 aromatic rings. The summed E-state index contributed by atoms with van der Waals surface area (Å²) in [6.07, 6.45) is 0. The average Bonchev–Trinajstić information content (AvgIpc) is 2.92. The molecular formula is C15H20ClN5OS. The Hall–Kier alpha value is -1.60.